The zero-order valence-corrected chi connectivity index (χ0v) is 35.1. The molecule has 3 heterocycles. The van der Waals surface area contributed by atoms with Crippen LogP contribution in [0.5, 0.6) is 17.6 Å². The van der Waals surface area contributed by atoms with Gasteiger partial charge in [-0.25, -0.2) is 22.8 Å². The number of hydrogen-bond donors (Lipinski definition) is 1. The minimum Gasteiger partial charge on any atom is -0.472 e. The fourth-order valence-electron chi connectivity index (χ4n) is 7.45. The van der Waals surface area contributed by atoms with Gasteiger partial charge in [0.2, 0.25) is 5.88 Å². The van der Waals surface area contributed by atoms with Crippen molar-refractivity contribution in [2.45, 2.75) is 57.3 Å². The highest BCUT2D eigenvalue weighted by molar-refractivity contribution is 6.01. The third-order valence-electron chi connectivity index (χ3n) is 10.3. The molecule has 19 heteroatoms. The normalized spacial score (nSPS) is 16.3. The van der Waals surface area contributed by atoms with Crippen molar-refractivity contribution >= 4 is 33.9 Å². The fourth-order valence-corrected chi connectivity index (χ4v) is 7.45. The first-order valence-corrected chi connectivity index (χ1v) is 20.3. The number of carbonyl (C=O) groups is 2. The highest BCUT2D eigenvalue weighted by Crippen LogP contribution is 2.40. The maximum atomic E-state index is 17.0. The number of likely N-dealkylation sites (tertiary alicyclic amines) is 1. The third kappa shape index (κ3) is 11.8. The number of carbonyl (C=O) groups excluding carboxylic acids is 2. The Hall–Kier alpha value is -6.89. The molecule has 1 aliphatic heterocycles. The largest absolute Gasteiger partial charge is 0.472 e. The number of methoxy groups -OCH3 is 1. The maximum Gasteiger partial charge on any atom is 0.422 e. The van der Waals surface area contributed by atoms with Gasteiger partial charge in [0.25, 0.3) is 0 Å². The molecule has 65 heavy (non-hydrogen) atoms. The summed E-state index contributed by atoms with van der Waals surface area (Å²) >= 11 is 0. The first-order valence-electron chi connectivity index (χ1n) is 20.3. The lowest BCUT2D eigenvalue weighted by atomic mass is 9.90. The van der Waals surface area contributed by atoms with Gasteiger partial charge in [0.15, 0.2) is 19.2 Å². The van der Waals surface area contributed by atoms with Crippen molar-refractivity contribution in [2.24, 2.45) is 0 Å². The molecule has 2 atom stereocenters. The van der Waals surface area contributed by atoms with Crippen LogP contribution in [0.25, 0.3) is 32.9 Å². The fraction of sp³-hybridized carbons (Fsp3) is 0.326. The summed E-state index contributed by atoms with van der Waals surface area (Å²) in [6.07, 6.45) is -6.76. The van der Waals surface area contributed by atoms with E-state index in [2.05, 4.69) is 20.3 Å². The first-order chi connectivity index (χ1) is 31.2. The van der Waals surface area contributed by atoms with Gasteiger partial charge in [-0.2, -0.15) is 23.1 Å². The Bertz CT molecular complexity index is 2630. The summed E-state index contributed by atoms with van der Waals surface area (Å²) in [7, 11) is 1.39. The average molecular weight is 908 g/mol. The second kappa shape index (κ2) is 20.3. The number of alkyl halides is 4. The van der Waals surface area contributed by atoms with Gasteiger partial charge < -0.3 is 38.6 Å². The van der Waals surface area contributed by atoms with Gasteiger partial charge in [-0.15, -0.1) is 0 Å². The van der Waals surface area contributed by atoms with Crippen LogP contribution in [0, 0.1) is 11.6 Å². The maximum absolute atomic E-state index is 17.0. The van der Waals surface area contributed by atoms with Crippen molar-refractivity contribution in [3.8, 4) is 28.9 Å². The molecule has 0 radical (unpaired) electrons. The van der Waals surface area contributed by atoms with E-state index in [0.717, 1.165) is 5.56 Å². The number of ether oxygens (including phenoxy) is 6. The molecule has 1 saturated heterocycles. The summed E-state index contributed by atoms with van der Waals surface area (Å²) in [4.78, 5) is 39.4. The van der Waals surface area contributed by atoms with Crippen LogP contribution in [0.4, 0.5) is 35.9 Å². The molecule has 0 aliphatic carbocycles. The minimum atomic E-state index is -4.77. The first kappa shape index (κ1) is 46.1. The zero-order chi connectivity index (χ0) is 46.1. The van der Waals surface area contributed by atoms with E-state index in [4.69, 9.17) is 28.4 Å². The average Bonchev–Trinajstić information content (AvgIpc) is 3.28. The molecule has 4 aromatic carbocycles. The van der Waals surface area contributed by atoms with E-state index in [1.54, 1.807) is 67.6 Å². The molecule has 6 aromatic rings. The van der Waals surface area contributed by atoms with E-state index < -0.39 is 59.8 Å². The molecule has 13 nitrogen and oxygen atoms in total. The molecule has 1 fully saturated rings. The number of rotatable bonds is 16. The van der Waals surface area contributed by atoms with Crippen LogP contribution in [-0.2, 0) is 33.8 Å². The predicted octanol–water partition coefficient (Wildman–Crippen LogP) is 9.42. The molecule has 0 unspecified atom stereocenters. The SMILES string of the molecule is COCOc1cc(-c2ncc3c(OCc4ccccc4)nc(OCC(F)(F)F)nc3c2F)c2c(CCCOC(=O)N[C@]3(C)C[C@@H](F)CN(C(=O)OCc4ccccc4)C3)c(F)ccc2c1. The second-order valence-electron chi connectivity index (χ2n) is 15.5. The smallest absolute Gasteiger partial charge is 0.422 e. The predicted molar refractivity (Wildman–Crippen MR) is 224 cm³/mol. The molecule has 0 bridgehead atoms. The lowest BCUT2D eigenvalue weighted by molar-refractivity contribution is -0.154. The van der Waals surface area contributed by atoms with Crippen molar-refractivity contribution in [2.75, 3.05) is 40.2 Å². The van der Waals surface area contributed by atoms with E-state index in [-0.39, 0.29) is 98.2 Å². The number of aryl methyl sites for hydroxylation is 1. The van der Waals surface area contributed by atoms with Gasteiger partial charge in [0.05, 0.1) is 24.1 Å². The molecule has 0 spiro atoms. The number of alkyl carbamates (subject to hydrolysis) is 1. The number of pyridine rings is 1. The summed E-state index contributed by atoms with van der Waals surface area (Å²) in [5.41, 5.74) is -0.510. The number of halogens is 6. The van der Waals surface area contributed by atoms with Gasteiger partial charge in [-0.1, -0.05) is 66.7 Å². The molecule has 342 valence electrons. The van der Waals surface area contributed by atoms with Crippen LogP contribution in [0.15, 0.2) is 91.1 Å². The highest BCUT2D eigenvalue weighted by atomic mass is 19.4. The van der Waals surface area contributed by atoms with E-state index in [9.17, 15) is 27.2 Å². The standard InChI is InChI=1S/C46H43F6N5O8/c1-45(20-31(47)22-57(25-45)44(59)63-24-29-12-7-4-8-13-29)56-43(58)61-17-9-14-33-36(48)16-15-30-18-32(65-27-60-2)19-34(37(30)33)39-38(49)40-35(21-53-39)41(62-23-28-10-5-3-6-11-28)55-42(54-40)64-26-46(50,51)52/h3-8,10-13,15-16,18-19,21,31H,9,14,17,20,22-27H2,1-2H3,(H,56,58)/t31-,45-/m1/s1. The monoisotopic (exact) mass is 907 g/mol. The van der Waals surface area contributed by atoms with E-state index in [1.165, 1.54) is 36.4 Å². The van der Waals surface area contributed by atoms with Gasteiger partial charge in [0, 0.05) is 31.8 Å². The van der Waals surface area contributed by atoms with Crippen LogP contribution < -0.4 is 19.5 Å². The van der Waals surface area contributed by atoms with Crippen molar-refractivity contribution in [1.29, 1.82) is 0 Å². The summed E-state index contributed by atoms with van der Waals surface area (Å²) in [6, 6.07) is 22.6. The Kier molecular flexibility index (Phi) is 14.4. The number of benzene rings is 4. The van der Waals surface area contributed by atoms with Crippen molar-refractivity contribution in [3.63, 3.8) is 0 Å². The second-order valence-corrected chi connectivity index (χ2v) is 15.5. The van der Waals surface area contributed by atoms with Crippen LogP contribution in [0.2, 0.25) is 0 Å². The summed E-state index contributed by atoms with van der Waals surface area (Å²) in [5, 5.41) is 3.17. The molecule has 1 N–H and O–H groups in total. The van der Waals surface area contributed by atoms with Gasteiger partial charge >= 0.3 is 24.4 Å². The summed E-state index contributed by atoms with van der Waals surface area (Å²) in [6.45, 7) is -0.989. The van der Waals surface area contributed by atoms with Gasteiger partial charge in [0.1, 0.15) is 42.2 Å². The van der Waals surface area contributed by atoms with Crippen molar-refractivity contribution in [3.05, 3.63) is 119 Å². The van der Waals surface area contributed by atoms with Crippen molar-refractivity contribution in [1.82, 2.24) is 25.2 Å². The summed E-state index contributed by atoms with van der Waals surface area (Å²) < 4.78 is 120. The number of nitrogens with one attached hydrogen (secondary N) is 1. The van der Waals surface area contributed by atoms with Crippen LogP contribution >= 0.6 is 0 Å². The Balaban J connectivity index is 1.12. The highest BCUT2D eigenvalue weighted by Gasteiger charge is 2.40. The molecule has 2 aromatic heterocycles. The molecular formula is C46H43F6N5O8. The minimum absolute atomic E-state index is 0.0139. The van der Waals surface area contributed by atoms with Crippen molar-refractivity contribution < 1.29 is 64.4 Å². The zero-order valence-electron chi connectivity index (χ0n) is 35.1. The Morgan fingerprint density at radius 2 is 1.63 bits per heavy atom. The van der Waals surface area contributed by atoms with E-state index in [0.29, 0.717) is 10.9 Å². The lowest BCUT2D eigenvalue weighted by Crippen LogP contribution is -2.61. The number of fused-ring (bicyclic) bond motifs is 2. The Morgan fingerprint density at radius 1 is 0.908 bits per heavy atom. The molecule has 1 aliphatic rings. The molecule has 0 saturated carbocycles. The number of aromatic nitrogens is 3. The van der Waals surface area contributed by atoms with Crippen LogP contribution in [0.3, 0.4) is 0 Å². The number of piperidine rings is 1. The van der Waals surface area contributed by atoms with E-state index in [1.807, 2.05) is 6.07 Å². The Morgan fingerprint density at radius 3 is 2.34 bits per heavy atom. The van der Waals surface area contributed by atoms with Crippen LogP contribution in [0.1, 0.15) is 36.5 Å². The molecule has 7 rings (SSSR count). The molecular weight excluding hydrogens is 865 g/mol. The quantitative estimate of drug-likeness (QED) is 0.0564. The Labute approximate surface area is 368 Å². The number of amides is 2. The number of hydrogen-bond acceptors (Lipinski definition) is 11. The van der Waals surface area contributed by atoms with E-state index >= 15 is 8.78 Å². The lowest BCUT2D eigenvalue weighted by Gasteiger charge is -2.41. The summed E-state index contributed by atoms with van der Waals surface area (Å²) in [5.74, 6) is -1.90. The topological polar surface area (TPSA) is 143 Å². The van der Waals surface area contributed by atoms with Gasteiger partial charge in [-0.3, -0.25) is 4.98 Å². The third-order valence-corrected chi connectivity index (χ3v) is 10.3. The molecule has 2 amide bonds. The van der Waals surface area contributed by atoms with Gasteiger partial charge in [-0.05, 0) is 65.4 Å². The van der Waals surface area contributed by atoms with Crippen LogP contribution in [-0.4, -0.2) is 90.1 Å². The number of nitrogens with zero attached hydrogens (tertiary/aromatic N) is 4.